The van der Waals surface area contributed by atoms with E-state index < -0.39 is 12.0 Å². The number of aliphatic carboxylic acids is 1. The molecular formula is C13H19NO2. The first-order valence-corrected chi connectivity index (χ1v) is 5.53. The van der Waals surface area contributed by atoms with Crippen LogP contribution in [0.4, 0.5) is 0 Å². The van der Waals surface area contributed by atoms with Gasteiger partial charge in [-0.05, 0) is 32.5 Å². The molecule has 1 aromatic rings. The molecule has 0 saturated heterocycles. The van der Waals surface area contributed by atoms with Crippen LogP contribution in [0.5, 0.6) is 0 Å². The van der Waals surface area contributed by atoms with Crippen molar-refractivity contribution in [2.24, 2.45) is 0 Å². The van der Waals surface area contributed by atoms with E-state index in [0.29, 0.717) is 6.42 Å². The highest BCUT2D eigenvalue weighted by Gasteiger charge is 2.21. The minimum Gasteiger partial charge on any atom is -0.480 e. The molecule has 0 amide bonds. The summed E-state index contributed by atoms with van der Waals surface area (Å²) < 4.78 is 0. The molecular weight excluding hydrogens is 202 g/mol. The largest absolute Gasteiger partial charge is 0.480 e. The number of aryl methyl sites for hydroxylation is 1. The average molecular weight is 221 g/mol. The minimum atomic E-state index is -0.759. The Kier molecular flexibility index (Phi) is 4.50. The molecule has 1 aromatic carbocycles. The lowest BCUT2D eigenvalue weighted by atomic mass is 10.0. The van der Waals surface area contributed by atoms with E-state index in [1.165, 1.54) is 5.56 Å². The molecule has 0 saturated carbocycles. The molecule has 16 heavy (non-hydrogen) atoms. The lowest BCUT2D eigenvalue weighted by molar-refractivity contribution is -0.142. The first-order chi connectivity index (χ1) is 7.54. The first-order valence-electron chi connectivity index (χ1n) is 5.53. The highest BCUT2D eigenvalue weighted by Crippen LogP contribution is 2.09. The Morgan fingerprint density at radius 3 is 2.38 bits per heavy atom. The molecule has 0 fully saturated rings. The summed E-state index contributed by atoms with van der Waals surface area (Å²) in [6, 6.07) is 7.58. The van der Waals surface area contributed by atoms with Crippen LogP contribution < -0.4 is 0 Å². The number of rotatable bonds is 5. The second-order valence-electron chi connectivity index (χ2n) is 4.12. The van der Waals surface area contributed by atoms with Crippen LogP contribution in [0.15, 0.2) is 24.3 Å². The Balaban J connectivity index is 2.75. The van der Waals surface area contributed by atoms with Crippen LogP contribution in [-0.2, 0) is 11.2 Å². The number of nitrogens with zero attached hydrogens (tertiary/aromatic N) is 1. The molecule has 0 radical (unpaired) electrons. The maximum absolute atomic E-state index is 11.1. The van der Waals surface area contributed by atoms with Crippen molar-refractivity contribution < 1.29 is 9.90 Å². The number of carboxylic acid groups (broad SMARTS) is 1. The number of likely N-dealkylation sites (N-methyl/N-ethyl adjacent to an activating group) is 1. The molecule has 0 bridgehead atoms. The van der Waals surface area contributed by atoms with Gasteiger partial charge >= 0.3 is 5.97 Å². The molecule has 0 aliphatic carbocycles. The minimum absolute atomic E-state index is 0.437. The molecule has 3 heteroatoms. The van der Waals surface area contributed by atoms with Crippen molar-refractivity contribution in [1.29, 1.82) is 0 Å². The topological polar surface area (TPSA) is 40.5 Å². The van der Waals surface area contributed by atoms with Gasteiger partial charge in [0.2, 0.25) is 0 Å². The maximum Gasteiger partial charge on any atom is 0.321 e. The van der Waals surface area contributed by atoms with Gasteiger partial charge in [-0.15, -0.1) is 0 Å². The van der Waals surface area contributed by atoms with E-state index in [1.54, 1.807) is 0 Å². The van der Waals surface area contributed by atoms with Crippen LogP contribution in [0.25, 0.3) is 0 Å². The van der Waals surface area contributed by atoms with Crippen LogP contribution >= 0.6 is 0 Å². The van der Waals surface area contributed by atoms with Crippen molar-refractivity contribution in [2.75, 3.05) is 13.6 Å². The summed E-state index contributed by atoms with van der Waals surface area (Å²) in [6.45, 7) is 4.73. The van der Waals surface area contributed by atoms with Gasteiger partial charge in [-0.2, -0.15) is 0 Å². The Morgan fingerprint density at radius 1 is 1.38 bits per heavy atom. The quantitative estimate of drug-likeness (QED) is 0.826. The second kappa shape index (κ2) is 5.66. The molecule has 0 heterocycles. The normalized spacial score (nSPS) is 12.8. The number of carbonyl (C=O) groups is 1. The summed E-state index contributed by atoms with van der Waals surface area (Å²) in [5.74, 6) is -0.759. The lowest BCUT2D eigenvalue weighted by Gasteiger charge is -2.23. The van der Waals surface area contributed by atoms with Gasteiger partial charge in [-0.25, -0.2) is 0 Å². The molecule has 1 atom stereocenters. The Labute approximate surface area is 96.7 Å². The van der Waals surface area contributed by atoms with E-state index in [4.69, 9.17) is 5.11 Å². The summed E-state index contributed by atoms with van der Waals surface area (Å²) in [6.07, 6.45) is 0.556. The van der Waals surface area contributed by atoms with E-state index in [0.717, 1.165) is 12.1 Å². The highest BCUT2D eigenvalue weighted by atomic mass is 16.4. The van der Waals surface area contributed by atoms with E-state index in [2.05, 4.69) is 0 Å². The Morgan fingerprint density at radius 2 is 1.94 bits per heavy atom. The van der Waals surface area contributed by atoms with Crippen molar-refractivity contribution in [3.8, 4) is 0 Å². The second-order valence-corrected chi connectivity index (χ2v) is 4.12. The van der Waals surface area contributed by atoms with Crippen LogP contribution in [0.1, 0.15) is 18.1 Å². The van der Waals surface area contributed by atoms with Gasteiger partial charge in [-0.3, -0.25) is 9.69 Å². The van der Waals surface area contributed by atoms with E-state index in [1.807, 2.05) is 50.1 Å². The maximum atomic E-state index is 11.1. The lowest BCUT2D eigenvalue weighted by Crippen LogP contribution is -2.39. The fourth-order valence-electron chi connectivity index (χ4n) is 1.60. The summed E-state index contributed by atoms with van der Waals surface area (Å²) in [7, 11) is 1.84. The standard InChI is InChI=1S/C13H19NO2/c1-4-14(3)12(13(15)16)9-11-7-5-10(2)6-8-11/h5-8,12H,4,9H2,1-3H3,(H,15,16)/t12-/m0/s1. The third-order valence-electron chi connectivity index (χ3n) is 2.87. The third-order valence-corrected chi connectivity index (χ3v) is 2.87. The summed E-state index contributed by atoms with van der Waals surface area (Å²) >= 11 is 0. The van der Waals surface area contributed by atoms with E-state index in [9.17, 15) is 4.79 Å². The monoisotopic (exact) mass is 221 g/mol. The molecule has 1 rings (SSSR count). The number of carboxylic acids is 1. The molecule has 3 nitrogen and oxygen atoms in total. The SMILES string of the molecule is CCN(C)[C@@H](Cc1ccc(C)cc1)C(=O)O. The van der Waals surface area contributed by atoms with Crippen molar-refractivity contribution in [3.63, 3.8) is 0 Å². The van der Waals surface area contributed by atoms with Crippen LogP contribution in [0.3, 0.4) is 0 Å². The van der Waals surface area contributed by atoms with Gasteiger partial charge in [-0.1, -0.05) is 36.8 Å². The van der Waals surface area contributed by atoms with E-state index in [-0.39, 0.29) is 0 Å². The molecule has 0 aliphatic heterocycles. The summed E-state index contributed by atoms with van der Waals surface area (Å²) in [5.41, 5.74) is 2.26. The smallest absolute Gasteiger partial charge is 0.321 e. The fraction of sp³-hybridized carbons (Fsp3) is 0.462. The van der Waals surface area contributed by atoms with Crippen molar-refractivity contribution >= 4 is 5.97 Å². The van der Waals surface area contributed by atoms with Gasteiger partial charge in [0.15, 0.2) is 0 Å². The average Bonchev–Trinajstić information content (AvgIpc) is 2.27. The predicted molar refractivity (Wildman–Crippen MR) is 64.6 cm³/mol. The zero-order valence-corrected chi connectivity index (χ0v) is 10.1. The van der Waals surface area contributed by atoms with Crippen LogP contribution in [0, 0.1) is 6.92 Å². The molecule has 88 valence electrons. The number of benzene rings is 1. The van der Waals surface area contributed by atoms with Crippen LogP contribution in [-0.4, -0.2) is 35.6 Å². The van der Waals surface area contributed by atoms with Gasteiger partial charge in [0.1, 0.15) is 6.04 Å². The number of hydrogen-bond donors (Lipinski definition) is 1. The third kappa shape index (κ3) is 3.35. The van der Waals surface area contributed by atoms with Crippen LogP contribution in [0.2, 0.25) is 0 Å². The van der Waals surface area contributed by atoms with Gasteiger partial charge in [0.25, 0.3) is 0 Å². The summed E-state index contributed by atoms with van der Waals surface area (Å²) in [5, 5.41) is 9.15. The first kappa shape index (κ1) is 12.7. The summed E-state index contributed by atoms with van der Waals surface area (Å²) in [4.78, 5) is 13.0. The number of hydrogen-bond acceptors (Lipinski definition) is 2. The Hall–Kier alpha value is -1.35. The van der Waals surface area contributed by atoms with Crippen molar-refractivity contribution in [3.05, 3.63) is 35.4 Å². The predicted octanol–water partition coefficient (Wildman–Crippen LogP) is 1.94. The molecule has 1 N–H and O–H groups in total. The molecule has 0 unspecified atom stereocenters. The zero-order valence-electron chi connectivity index (χ0n) is 10.1. The van der Waals surface area contributed by atoms with E-state index >= 15 is 0 Å². The molecule has 0 aliphatic rings. The highest BCUT2D eigenvalue weighted by molar-refractivity contribution is 5.73. The van der Waals surface area contributed by atoms with Gasteiger partial charge < -0.3 is 5.11 Å². The fourth-order valence-corrected chi connectivity index (χ4v) is 1.60. The zero-order chi connectivity index (χ0) is 12.1. The molecule has 0 aromatic heterocycles. The van der Waals surface area contributed by atoms with Gasteiger partial charge in [0.05, 0.1) is 0 Å². The Bertz CT molecular complexity index is 345. The van der Waals surface area contributed by atoms with Crippen molar-refractivity contribution in [2.45, 2.75) is 26.3 Å². The van der Waals surface area contributed by atoms with Crippen molar-refractivity contribution in [1.82, 2.24) is 4.90 Å². The van der Waals surface area contributed by atoms with Gasteiger partial charge in [0, 0.05) is 0 Å². The molecule has 0 spiro atoms.